The molecule has 0 spiro atoms. The molecule has 0 atom stereocenters. The van der Waals surface area contributed by atoms with Gasteiger partial charge in [-0.15, -0.1) is 0 Å². The van der Waals surface area contributed by atoms with E-state index in [1.54, 1.807) is 36.4 Å². The lowest BCUT2D eigenvalue weighted by Crippen LogP contribution is -2.57. The molecule has 0 bridgehead atoms. The van der Waals surface area contributed by atoms with Gasteiger partial charge in [0, 0.05) is 13.1 Å². The van der Waals surface area contributed by atoms with Crippen LogP contribution in [-0.4, -0.2) is 58.4 Å². The number of rotatable bonds is 7. The largest absolute Gasteiger partial charge is 0.497 e. The van der Waals surface area contributed by atoms with Crippen molar-refractivity contribution >= 4 is 15.7 Å². The van der Waals surface area contributed by atoms with Gasteiger partial charge in [0.15, 0.2) is 27.9 Å². The SMILES string of the molecule is COc1ccc(S(=O)(=O)C2CN(C(=O)COc3ccccc3OC)C2)cc1. The van der Waals surface area contributed by atoms with E-state index in [0.29, 0.717) is 17.2 Å². The molecular weight excluding hydrogens is 370 g/mol. The van der Waals surface area contributed by atoms with Crippen molar-refractivity contribution in [2.75, 3.05) is 33.9 Å². The number of benzene rings is 2. The third-order valence-electron chi connectivity index (χ3n) is 4.45. The topological polar surface area (TPSA) is 82.1 Å². The summed E-state index contributed by atoms with van der Waals surface area (Å²) in [7, 11) is -0.440. The van der Waals surface area contributed by atoms with Gasteiger partial charge in [-0.25, -0.2) is 8.42 Å². The minimum Gasteiger partial charge on any atom is -0.497 e. The van der Waals surface area contributed by atoms with E-state index in [4.69, 9.17) is 14.2 Å². The van der Waals surface area contributed by atoms with Crippen LogP contribution in [0.3, 0.4) is 0 Å². The maximum atomic E-state index is 12.6. The number of hydrogen-bond donors (Lipinski definition) is 0. The lowest BCUT2D eigenvalue weighted by atomic mass is 10.2. The second kappa shape index (κ2) is 7.87. The van der Waals surface area contributed by atoms with Crippen LogP contribution in [0.5, 0.6) is 17.2 Å². The van der Waals surface area contributed by atoms with Gasteiger partial charge in [-0.1, -0.05) is 12.1 Å². The molecule has 1 fully saturated rings. The van der Waals surface area contributed by atoms with Crippen LogP contribution in [0.1, 0.15) is 0 Å². The zero-order chi connectivity index (χ0) is 19.4. The Hall–Kier alpha value is -2.74. The fourth-order valence-corrected chi connectivity index (χ4v) is 4.42. The highest BCUT2D eigenvalue weighted by molar-refractivity contribution is 7.92. The number of methoxy groups -OCH3 is 2. The van der Waals surface area contributed by atoms with Crippen LogP contribution in [0.15, 0.2) is 53.4 Å². The summed E-state index contributed by atoms with van der Waals surface area (Å²) in [6.07, 6.45) is 0. The number of nitrogens with zero attached hydrogens (tertiary/aromatic N) is 1. The summed E-state index contributed by atoms with van der Waals surface area (Å²) in [4.78, 5) is 13.9. The molecule has 1 amide bonds. The Balaban J connectivity index is 1.55. The van der Waals surface area contributed by atoms with Crippen molar-refractivity contribution < 1.29 is 27.4 Å². The van der Waals surface area contributed by atoms with E-state index in [9.17, 15) is 13.2 Å². The molecule has 0 radical (unpaired) electrons. The summed E-state index contributed by atoms with van der Waals surface area (Å²) >= 11 is 0. The molecule has 8 heteroatoms. The van der Waals surface area contributed by atoms with Crippen LogP contribution in [0, 0.1) is 0 Å². The third-order valence-corrected chi connectivity index (χ3v) is 6.55. The average molecular weight is 391 g/mol. The Kier molecular flexibility index (Phi) is 5.55. The molecule has 1 heterocycles. The summed E-state index contributed by atoms with van der Waals surface area (Å²) in [6.45, 7) is 0.140. The lowest BCUT2D eigenvalue weighted by molar-refractivity contribution is -0.136. The summed E-state index contributed by atoms with van der Waals surface area (Å²) in [5.41, 5.74) is 0. The van der Waals surface area contributed by atoms with Gasteiger partial charge in [0.25, 0.3) is 5.91 Å². The second-order valence-corrected chi connectivity index (χ2v) is 8.31. The van der Waals surface area contributed by atoms with Crippen molar-refractivity contribution in [1.82, 2.24) is 4.90 Å². The summed E-state index contributed by atoms with van der Waals surface area (Å²) in [5, 5.41) is -0.610. The first-order chi connectivity index (χ1) is 13.0. The van der Waals surface area contributed by atoms with Crippen LogP contribution in [0.2, 0.25) is 0 Å². The van der Waals surface area contributed by atoms with Crippen molar-refractivity contribution in [2.45, 2.75) is 10.1 Å². The number of likely N-dealkylation sites (tertiary alicyclic amines) is 1. The van der Waals surface area contributed by atoms with E-state index in [2.05, 4.69) is 0 Å². The van der Waals surface area contributed by atoms with Crippen LogP contribution in [0.25, 0.3) is 0 Å². The summed E-state index contributed by atoms with van der Waals surface area (Å²) < 4.78 is 40.9. The number of ether oxygens (including phenoxy) is 3. The standard InChI is InChI=1S/C19H21NO6S/c1-24-14-7-9-15(10-8-14)27(22,23)16-11-20(12-16)19(21)13-26-18-6-4-3-5-17(18)25-2/h3-10,16H,11-13H2,1-2H3. The van der Waals surface area contributed by atoms with Crippen molar-refractivity contribution in [3.05, 3.63) is 48.5 Å². The molecule has 1 aliphatic heterocycles. The fraction of sp³-hybridized carbons (Fsp3) is 0.316. The number of sulfone groups is 1. The maximum Gasteiger partial charge on any atom is 0.260 e. The molecule has 1 saturated heterocycles. The first kappa shape index (κ1) is 19.0. The quantitative estimate of drug-likeness (QED) is 0.715. The Labute approximate surface area is 158 Å². The molecule has 0 aliphatic carbocycles. The molecule has 144 valence electrons. The molecule has 0 aromatic heterocycles. The van der Waals surface area contributed by atoms with E-state index in [1.165, 1.54) is 31.3 Å². The predicted molar refractivity (Wildman–Crippen MR) is 99.0 cm³/mol. The summed E-state index contributed by atoms with van der Waals surface area (Å²) in [6, 6.07) is 13.3. The molecule has 0 N–H and O–H groups in total. The third kappa shape index (κ3) is 4.00. The van der Waals surface area contributed by atoms with Gasteiger partial charge in [-0.3, -0.25) is 4.79 Å². The van der Waals surface area contributed by atoms with E-state index in [1.807, 2.05) is 0 Å². The highest BCUT2D eigenvalue weighted by atomic mass is 32.2. The average Bonchev–Trinajstić information content (AvgIpc) is 2.65. The highest BCUT2D eigenvalue weighted by Gasteiger charge is 2.40. The van der Waals surface area contributed by atoms with Gasteiger partial charge >= 0.3 is 0 Å². The number of carbonyl (C=O) groups is 1. The number of carbonyl (C=O) groups excluding carboxylic acids is 1. The lowest BCUT2D eigenvalue weighted by Gasteiger charge is -2.38. The molecular formula is C19H21NO6S. The minimum atomic E-state index is -3.48. The Bertz CT molecular complexity index is 904. The van der Waals surface area contributed by atoms with Crippen LogP contribution in [-0.2, 0) is 14.6 Å². The molecule has 3 rings (SSSR count). The van der Waals surface area contributed by atoms with Gasteiger partial charge in [-0.2, -0.15) is 0 Å². The molecule has 1 aliphatic rings. The van der Waals surface area contributed by atoms with Crippen molar-refractivity contribution in [1.29, 1.82) is 0 Å². The van der Waals surface area contributed by atoms with Gasteiger partial charge in [0.1, 0.15) is 11.0 Å². The first-order valence-corrected chi connectivity index (χ1v) is 9.92. The van der Waals surface area contributed by atoms with Crippen molar-refractivity contribution in [3.8, 4) is 17.2 Å². The van der Waals surface area contributed by atoms with Crippen LogP contribution in [0.4, 0.5) is 0 Å². The fourth-order valence-electron chi connectivity index (χ4n) is 2.76. The van der Waals surface area contributed by atoms with Crippen molar-refractivity contribution in [2.24, 2.45) is 0 Å². The van der Waals surface area contributed by atoms with Gasteiger partial charge < -0.3 is 19.1 Å². The summed E-state index contributed by atoms with van der Waals surface area (Å²) in [5.74, 6) is 1.33. The van der Waals surface area contributed by atoms with E-state index in [-0.39, 0.29) is 30.5 Å². The van der Waals surface area contributed by atoms with Crippen molar-refractivity contribution in [3.63, 3.8) is 0 Å². The molecule has 0 saturated carbocycles. The normalized spacial score (nSPS) is 14.4. The Morgan fingerprint density at radius 3 is 2.22 bits per heavy atom. The maximum absolute atomic E-state index is 12.6. The molecule has 2 aromatic carbocycles. The van der Waals surface area contributed by atoms with Gasteiger partial charge in [0.2, 0.25) is 0 Å². The first-order valence-electron chi connectivity index (χ1n) is 8.37. The predicted octanol–water partition coefficient (Wildman–Crippen LogP) is 1.77. The smallest absolute Gasteiger partial charge is 0.260 e. The van der Waals surface area contributed by atoms with E-state index >= 15 is 0 Å². The monoisotopic (exact) mass is 391 g/mol. The molecule has 0 unspecified atom stereocenters. The zero-order valence-electron chi connectivity index (χ0n) is 15.1. The van der Waals surface area contributed by atoms with Crippen LogP contribution < -0.4 is 14.2 Å². The molecule has 7 nitrogen and oxygen atoms in total. The van der Waals surface area contributed by atoms with Gasteiger partial charge in [0.05, 0.1) is 19.1 Å². The zero-order valence-corrected chi connectivity index (χ0v) is 15.9. The molecule has 27 heavy (non-hydrogen) atoms. The highest BCUT2D eigenvalue weighted by Crippen LogP contribution is 2.27. The Morgan fingerprint density at radius 1 is 1.00 bits per heavy atom. The minimum absolute atomic E-state index is 0.155. The second-order valence-electron chi connectivity index (χ2n) is 6.08. The van der Waals surface area contributed by atoms with E-state index < -0.39 is 15.1 Å². The van der Waals surface area contributed by atoms with E-state index in [0.717, 1.165) is 0 Å². The molecule has 2 aromatic rings. The van der Waals surface area contributed by atoms with Crippen LogP contribution >= 0.6 is 0 Å². The number of para-hydroxylation sites is 2. The number of amides is 1. The number of hydrogen-bond acceptors (Lipinski definition) is 6. The van der Waals surface area contributed by atoms with Gasteiger partial charge in [-0.05, 0) is 36.4 Å². The Morgan fingerprint density at radius 2 is 1.63 bits per heavy atom.